The van der Waals surface area contributed by atoms with Gasteiger partial charge in [-0.2, -0.15) is 0 Å². The van der Waals surface area contributed by atoms with Gasteiger partial charge in [-0.05, 0) is 24.6 Å². The number of benzene rings is 1. The summed E-state index contributed by atoms with van der Waals surface area (Å²) in [6.07, 6.45) is 2.94. The maximum absolute atomic E-state index is 10.0. The van der Waals surface area contributed by atoms with Crippen molar-refractivity contribution < 1.29 is 5.11 Å². The molecule has 0 saturated carbocycles. The first-order valence-corrected chi connectivity index (χ1v) is 6.22. The molecular formula is C13H12Cl2N2O. The third-order valence-corrected chi connectivity index (χ3v) is 3.29. The summed E-state index contributed by atoms with van der Waals surface area (Å²) in [4.78, 5) is 8.25. The largest absolute Gasteiger partial charge is 0.386 e. The summed E-state index contributed by atoms with van der Waals surface area (Å²) in [5.41, 5.74) is 2.27. The highest BCUT2D eigenvalue weighted by atomic mass is 35.5. The molecule has 0 spiro atoms. The molecule has 1 unspecified atom stereocenters. The van der Waals surface area contributed by atoms with E-state index in [1.807, 2.05) is 13.0 Å². The van der Waals surface area contributed by atoms with Crippen molar-refractivity contribution in [3.63, 3.8) is 0 Å². The van der Waals surface area contributed by atoms with Crippen LogP contribution in [0.2, 0.25) is 10.0 Å². The van der Waals surface area contributed by atoms with Gasteiger partial charge in [0, 0.05) is 12.6 Å². The molecule has 1 N–H and O–H groups in total. The molecule has 0 fully saturated rings. The highest BCUT2D eigenvalue weighted by Crippen LogP contribution is 2.25. The average molecular weight is 283 g/mol. The summed E-state index contributed by atoms with van der Waals surface area (Å²) >= 11 is 11.8. The van der Waals surface area contributed by atoms with Crippen molar-refractivity contribution in [2.24, 2.45) is 0 Å². The van der Waals surface area contributed by atoms with Crippen molar-refractivity contribution in [3.8, 4) is 0 Å². The predicted octanol–water partition coefficient (Wildman–Crippen LogP) is 3.37. The third-order valence-electron chi connectivity index (χ3n) is 2.56. The van der Waals surface area contributed by atoms with Crippen LogP contribution < -0.4 is 0 Å². The topological polar surface area (TPSA) is 46.0 Å². The van der Waals surface area contributed by atoms with Crippen LogP contribution in [0, 0.1) is 6.92 Å². The standard InChI is InChI=1S/C13H12Cl2N2O/c1-8-6-17-12(7-16-8)13(18)5-9-2-3-10(14)11(15)4-9/h2-4,6-7,13,18H,5H2,1H3. The van der Waals surface area contributed by atoms with E-state index in [0.717, 1.165) is 11.3 Å². The Hall–Kier alpha value is -1.16. The lowest BCUT2D eigenvalue weighted by atomic mass is 10.1. The van der Waals surface area contributed by atoms with Crippen LogP contribution in [0.5, 0.6) is 0 Å². The molecule has 0 saturated heterocycles. The fraction of sp³-hybridized carbons (Fsp3) is 0.231. The second kappa shape index (κ2) is 5.65. The number of aryl methyl sites for hydroxylation is 1. The molecule has 1 aromatic carbocycles. The van der Waals surface area contributed by atoms with E-state index < -0.39 is 6.10 Å². The van der Waals surface area contributed by atoms with Crippen LogP contribution in [0.1, 0.15) is 23.1 Å². The molecule has 5 heteroatoms. The molecule has 1 heterocycles. The second-order valence-corrected chi connectivity index (χ2v) is 4.87. The summed E-state index contributed by atoms with van der Waals surface area (Å²) in [6, 6.07) is 5.29. The Labute approximate surface area is 115 Å². The van der Waals surface area contributed by atoms with E-state index in [9.17, 15) is 5.11 Å². The van der Waals surface area contributed by atoms with Gasteiger partial charge in [-0.25, -0.2) is 0 Å². The minimum Gasteiger partial charge on any atom is -0.386 e. The Morgan fingerprint density at radius 1 is 1.17 bits per heavy atom. The van der Waals surface area contributed by atoms with E-state index in [-0.39, 0.29) is 0 Å². The van der Waals surface area contributed by atoms with E-state index in [0.29, 0.717) is 22.2 Å². The molecular weight excluding hydrogens is 271 g/mol. The minimum atomic E-state index is -0.699. The molecule has 2 rings (SSSR count). The third kappa shape index (κ3) is 3.19. The molecule has 0 amide bonds. The van der Waals surface area contributed by atoms with Gasteiger partial charge < -0.3 is 5.11 Å². The molecule has 0 aliphatic carbocycles. The SMILES string of the molecule is Cc1cnc(C(O)Cc2ccc(Cl)c(Cl)c2)cn1. The average Bonchev–Trinajstić information content (AvgIpc) is 2.34. The number of aliphatic hydroxyl groups is 1. The van der Waals surface area contributed by atoms with Gasteiger partial charge >= 0.3 is 0 Å². The van der Waals surface area contributed by atoms with Crippen molar-refractivity contribution in [2.75, 3.05) is 0 Å². The van der Waals surface area contributed by atoms with Crippen molar-refractivity contribution in [1.82, 2.24) is 9.97 Å². The molecule has 0 radical (unpaired) electrons. The first-order chi connectivity index (χ1) is 8.56. The summed E-state index contributed by atoms with van der Waals surface area (Å²) in [6.45, 7) is 1.85. The van der Waals surface area contributed by atoms with E-state index in [1.54, 1.807) is 24.5 Å². The summed E-state index contributed by atoms with van der Waals surface area (Å²) in [5.74, 6) is 0. The van der Waals surface area contributed by atoms with Crippen LogP contribution in [0.4, 0.5) is 0 Å². The number of aromatic nitrogens is 2. The number of rotatable bonds is 3. The number of aliphatic hydroxyl groups excluding tert-OH is 1. The zero-order chi connectivity index (χ0) is 13.1. The Morgan fingerprint density at radius 3 is 2.56 bits per heavy atom. The Bertz CT molecular complexity index is 543. The fourth-order valence-corrected chi connectivity index (χ4v) is 1.89. The molecule has 1 aromatic heterocycles. The van der Waals surface area contributed by atoms with Gasteiger partial charge in [-0.15, -0.1) is 0 Å². The predicted molar refractivity (Wildman–Crippen MR) is 71.9 cm³/mol. The van der Waals surface area contributed by atoms with Crippen molar-refractivity contribution in [2.45, 2.75) is 19.4 Å². The van der Waals surface area contributed by atoms with Crippen LogP contribution in [-0.2, 0) is 6.42 Å². The fourth-order valence-electron chi connectivity index (χ4n) is 1.57. The summed E-state index contributed by atoms with van der Waals surface area (Å²) in [5, 5.41) is 11.0. The van der Waals surface area contributed by atoms with E-state index >= 15 is 0 Å². The van der Waals surface area contributed by atoms with Gasteiger partial charge in [-0.1, -0.05) is 29.3 Å². The highest BCUT2D eigenvalue weighted by molar-refractivity contribution is 6.42. The quantitative estimate of drug-likeness (QED) is 0.939. The monoisotopic (exact) mass is 282 g/mol. The molecule has 0 aliphatic heterocycles. The number of hydrogen-bond acceptors (Lipinski definition) is 3. The molecule has 1 atom stereocenters. The molecule has 3 nitrogen and oxygen atoms in total. The molecule has 18 heavy (non-hydrogen) atoms. The molecule has 0 bridgehead atoms. The molecule has 94 valence electrons. The van der Waals surface area contributed by atoms with Crippen LogP contribution >= 0.6 is 23.2 Å². The van der Waals surface area contributed by atoms with Crippen molar-refractivity contribution in [3.05, 3.63) is 57.6 Å². The summed E-state index contributed by atoms with van der Waals surface area (Å²) in [7, 11) is 0. The number of nitrogens with zero attached hydrogens (tertiary/aromatic N) is 2. The Kier molecular flexibility index (Phi) is 4.17. The van der Waals surface area contributed by atoms with Gasteiger partial charge in [-0.3, -0.25) is 9.97 Å². The zero-order valence-corrected chi connectivity index (χ0v) is 11.3. The lowest BCUT2D eigenvalue weighted by molar-refractivity contribution is 0.173. The second-order valence-electron chi connectivity index (χ2n) is 4.05. The Balaban J connectivity index is 2.13. The van der Waals surface area contributed by atoms with Crippen LogP contribution in [-0.4, -0.2) is 15.1 Å². The minimum absolute atomic E-state index is 0.425. The van der Waals surface area contributed by atoms with Crippen molar-refractivity contribution >= 4 is 23.2 Å². The normalized spacial score (nSPS) is 12.4. The van der Waals surface area contributed by atoms with Crippen LogP contribution in [0.25, 0.3) is 0 Å². The summed E-state index contributed by atoms with van der Waals surface area (Å²) < 4.78 is 0. The Morgan fingerprint density at radius 2 is 1.94 bits per heavy atom. The van der Waals surface area contributed by atoms with Crippen molar-refractivity contribution in [1.29, 1.82) is 0 Å². The maximum Gasteiger partial charge on any atom is 0.102 e. The number of halogens is 2. The van der Waals surface area contributed by atoms with E-state index in [4.69, 9.17) is 23.2 Å². The first-order valence-electron chi connectivity index (χ1n) is 5.47. The lowest BCUT2D eigenvalue weighted by Crippen LogP contribution is -2.05. The van der Waals surface area contributed by atoms with Gasteiger partial charge in [0.15, 0.2) is 0 Å². The maximum atomic E-state index is 10.0. The van der Waals surface area contributed by atoms with E-state index in [2.05, 4.69) is 9.97 Å². The number of hydrogen-bond donors (Lipinski definition) is 1. The van der Waals surface area contributed by atoms with Gasteiger partial charge in [0.1, 0.15) is 6.10 Å². The molecule has 2 aromatic rings. The first kappa shape index (κ1) is 13.3. The van der Waals surface area contributed by atoms with Gasteiger partial charge in [0.2, 0.25) is 0 Å². The smallest absolute Gasteiger partial charge is 0.102 e. The van der Waals surface area contributed by atoms with Gasteiger partial charge in [0.25, 0.3) is 0 Å². The van der Waals surface area contributed by atoms with Crippen LogP contribution in [0.3, 0.4) is 0 Å². The lowest BCUT2D eigenvalue weighted by Gasteiger charge is -2.10. The highest BCUT2D eigenvalue weighted by Gasteiger charge is 2.11. The zero-order valence-electron chi connectivity index (χ0n) is 9.77. The van der Waals surface area contributed by atoms with Gasteiger partial charge in [0.05, 0.1) is 27.6 Å². The van der Waals surface area contributed by atoms with E-state index in [1.165, 1.54) is 0 Å². The molecule has 0 aliphatic rings. The van der Waals surface area contributed by atoms with Crippen LogP contribution in [0.15, 0.2) is 30.6 Å².